The number of nitrogens with one attached hydrogen (secondary N) is 1. The normalized spacial score (nSPS) is 14.5. The molecular weight excluding hydrogens is 466 g/mol. The second-order valence-corrected chi connectivity index (χ2v) is 9.55. The predicted octanol–water partition coefficient (Wildman–Crippen LogP) is 4.17. The van der Waals surface area contributed by atoms with Crippen LogP contribution in [-0.2, 0) is 17.9 Å². The first-order chi connectivity index (χ1) is 18.0. The molecule has 3 heterocycles. The van der Waals surface area contributed by atoms with Crippen molar-refractivity contribution in [2.75, 3.05) is 18.4 Å². The van der Waals surface area contributed by atoms with Crippen molar-refractivity contribution in [2.45, 2.75) is 32.9 Å². The molecule has 1 aliphatic heterocycles. The van der Waals surface area contributed by atoms with Crippen molar-refractivity contribution in [2.24, 2.45) is 11.7 Å². The van der Waals surface area contributed by atoms with E-state index in [1.807, 2.05) is 72.2 Å². The first kappa shape index (κ1) is 24.5. The highest BCUT2D eigenvalue weighted by molar-refractivity contribution is 6.06. The summed E-state index contributed by atoms with van der Waals surface area (Å²) in [6, 6.07) is 19.1. The number of pyridine rings is 1. The number of carbonyl (C=O) groups excluding carboxylic acids is 2. The minimum atomic E-state index is -0.235. The van der Waals surface area contributed by atoms with Crippen molar-refractivity contribution in [3.63, 3.8) is 0 Å². The molecule has 3 N–H and O–H groups in total. The number of likely N-dealkylation sites (tertiary alicyclic amines) is 1. The number of piperidine rings is 1. The van der Waals surface area contributed by atoms with Gasteiger partial charge in [0.05, 0.1) is 11.3 Å². The van der Waals surface area contributed by atoms with E-state index in [1.54, 1.807) is 12.1 Å². The number of aromatic nitrogens is 2. The molecule has 1 fully saturated rings. The zero-order valence-corrected chi connectivity index (χ0v) is 20.9. The Morgan fingerprint density at radius 2 is 1.89 bits per heavy atom. The lowest BCUT2D eigenvalue weighted by Gasteiger charge is -2.30. The minimum Gasteiger partial charge on any atom is -0.486 e. The summed E-state index contributed by atoms with van der Waals surface area (Å²) in [5.74, 6) is 0.0335. The fourth-order valence-corrected chi connectivity index (χ4v) is 4.79. The maximum absolute atomic E-state index is 13.2. The Bertz CT molecular complexity index is 1420. The Hall–Kier alpha value is -4.17. The van der Waals surface area contributed by atoms with Crippen LogP contribution < -0.4 is 15.8 Å². The third kappa shape index (κ3) is 5.81. The first-order valence-electron chi connectivity index (χ1n) is 12.5. The van der Waals surface area contributed by atoms with E-state index in [0.717, 1.165) is 60.6 Å². The molecule has 0 aliphatic carbocycles. The van der Waals surface area contributed by atoms with Crippen molar-refractivity contribution in [1.82, 2.24) is 14.3 Å². The number of rotatable bonds is 8. The quantitative estimate of drug-likeness (QED) is 0.380. The highest BCUT2D eigenvalue weighted by Gasteiger charge is 2.23. The number of amides is 2. The van der Waals surface area contributed by atoms with E-state index in [0.29, 0.717) is 11.3 Å². The molecule has 2 aromatic carbocycles. The van der Waals surface area contributed by atoms with E-state index in [4.69, 9.17) is 10.5 Å². The number of fused-ring (bicyclic) bond motifs is 1. The summed E-state index contributed by atoms with van der Waals surface area (Å²) in [5, 5.41) is 3.01. The second-order valence-electron chi connectivity index (χ2n) is 9.55. The molecule has 0 saturated carbocycles. The molecule has 8 nitrogen and oxygen atoms in total. The van der Waals surface area contributed by atoms with Crippen LogP contribution in [0.25, 0.3) is 5.65 Å². The van der Waals surface area contributed by atoms with Crippen LogP contribution in [0.5, 0.6) is 5.75 Å². The maximum Gasteiger partial charge on any atom is 0.259 e. The Morgan fingerprint density at radius 1 is 1.08 bits per heavy atom. The van der Waals surface area contributed by atoms with Crippen LogP contribution in [0.4, 0.5) is 5.69 Å². The molecule has 37 heavy (non-hydrogen) atoms. The number of aryl methyl sites for hydroxylation is 1. The second kappa shape index (κ2) is 10.8. The zero-order chi connectivity index (χ0) is 25.8. The van der Waals surface area contributed by atoms with Gasteiger partial charge in [-0.15, -0.1) is 0 Å². The molecule has 190 valence electrons. The van der Waals surface area contributed by atoms with Crippen molar-refractivity contribution in [3.8, 4) is 5.75 Å². The SMILES string of the molecule is Cc1cccn2cc(COc3ccccc3C(=O)Nc3cccc(CN4CCC(C(N)=O)CC4)c3)nc12. The molecule has 0 radical (unpaired) electrons. The lowest BCUT2D eigenvalue weighted by Crippen LogP contribution is -2.38. The van der Waals surface area contributed by atoms with Crippen molar-refractivity contribution in [3.05, 3.63) is 95.4 Å². The van der Waals surface area contributed by atoms with Crippen molar-refractivity contribution < 1.29 is 14.3 Å². The van der Waals surface area contributed by atoms with Gasteiger partial charge in [0.25, 0.3) is 5.91 Å². The number of nitrogens with zero attached hydrogens (tertiary/aromatic N) is 3. The van der Waals surface area contributed by atoms with Gasteiger partial charge in [-0.3, -0.25) is 14.5 Å². The average molecular weight is 498 g/mol. The molecule has 4 aromatic rings. The average Bonchev–Trinajstić information content (AvgIpc) is 3.33. The molecule has 8 heteroatoms. The third-order valence-corrected chi connectivity index (χ3v) is 6.82. The fraction of sp³-hybridized carbons (Fsp3) is 0.276. The van der Waals surface area contributed by atoms with E-state index in [9.17, 15) is 9.59 Å². The highest BCUT2D eigenvalue weighted by atomic mass is 16.5. The molecule has 2 aromatic heterocycles. The van der Waals surface area contributed by atoms with Crippen LogP contribution in [-0.4, -0.2) is 39.2 Å². The molecular formula is C29H31N5O3. The summed E-state index contributed by atoms with van der Waals surface area (Å²) < 4.78 is 8.00. The van der Waals surface area contributed by atoms with Crippen LogP contribution in [0, 0.1) is 12.8 Å². The fourth-order valence-electron chi connectivity index (χ4n) is 4.79. The summed E-state index contributed by atoms with van der Waals surface area (Å²) in [5.41, 5.74) is 10.5. The minimum absolute atomic E-state index is 0.0269. The van der Waals surface area contributed by atoms with Crippen LogP contribution in [0.2, 0.25) is 0 Å². The van der Waals surface area contributed by atoms with Gasteiger partial charge in [-0.05, 0) is 74.3 Å². The van der Waals surface area contributed by atoms with Gasteiger partial charge >= 0.3 is 0 Å². The zero-order valence-electron chi connectivity index (χ0n) is 20.9. The molecule has 0 atom stereocenters. The number of nitrogens with two attached hydrogens (primary N) is 1. The van der Waals surface area contributed by atoms with E-state index < -0.39 is 0 Å². The van der Waals surface area contributed by atoms with Gasteiger partial charge in [0.1, 0.15) is 18.0 Å². The van der Waals surface area contributed by atoms with Gasteiger partial charge in [-0.1, -0.05) is 30.3 Å². The van der Waals surface area contributed by atoms with Crippen LogP contribution in [0.1, 0.15) is 40.0 Å². The lowest BCUT2D eigenvalue weighted by molar-refractivity contribution is -0.123. The number of benzene rings is 2. The van der Waals surface area contributed by atoms with Crippen LogP contribution in [0.3, 0.4) is 0 Å². The number of hydrogen-bond donors (Lipinski definition) is 2. The monoisotopic (exact) mass is 497 g/mol. The summed E-state index contributed by atoms with van der Waals surface area (Å²) in [6.45, 7) is 4.70. The number of imidazole rings is 1. The smallest absolute Gasteiger partial charge is 0.259 e. The van der Waals surface area contributed by atoms with Gasteiger partial charge in [0, 0.05) is 30.5 Å². The number of anilines is 1. The van der Waals surface area contributed by atoms with E-state index in [1.165, 1.54) is 0 Å². The van der Waals surface area contributed by atoms with E-state index in [2.05, 4.69) is 15.2 Å². The maximum atomic E-state index is 13.2. The number of carbonyl (C=O) groups is 2. The first-order valence-corrected chi connectivity index (χ1v) is 12.5. The number of primary amides is 1. The largest absolute Gasteiger partial charge is 0.486 e. The summed E-state index contributed by atoms with van der Waals surface area (Å²) in [6.07, 6.45) is 5.47. The van der Waals surface area contributed by atoms with E-state index in [-0.39, 0.29) is 24.3 Å². The Labute approximate surface area is 216 Å². The number of ether oxygens (including phenoxy) is 1. The lowest BCUT2D eigenvalue weighted by atomic mass is 9.96. The molecule has 0 unspecified atom stereocenters. The Morgan fingerprint density at radius 3 is 2.68 bits per heavy atom. The predicted molar refractivity (Wildman–Crippen MR) is 142 cm³/mol. The van der Waals surface area contributed by atoms with Crippen LogP contribution in [0.15, 0.2) is 73.1 Å². The topological polar surface area (TPSA) is 102 Å². The molecule has 5 rings (SSSR count). The van der Waals surface area contributed by atoms with E-state index >= 15 is 0 Å². The van der Waals surface area contributed by atoms with Gasteiger partial charge in [-0.2, -0.15) is 0 Å². The van der Waals surface area contributed by atoms with Crippen molar-refractivity contribution in [1.29, 1.82) is 0 Å². The van der Waals surface area contributed by atoms with Gasteiger partial charge in [-0.25, -0.2) is 4.98 Å². The number of para-hydroxylation sites is 1. The van der Waals surface area contributed by atoms with Crippen LogP contribution >= 0.6 is 0 Å². The Balaban J connectivity index is 1.22. The molecule has 1 aliphatic rings. The number of hydrogen-bond acceptors (Lipinski definition) is 5. The van der Waals surface area contributed by atoms with Gasteiger partial charge in [0.2, 0.25) is 5.91 Å². The molecule has 0 bridgehead atoms. The summed E-state index contributed by atoms with van der Waals surface area (Å²) in [7, 11) is 0. The highest BCUT2D eigenvalue weighted by Crippen LogP contribution is 2.23. The van der Waals surface area contributed by atoms with Gasteiger partial charge < -0.3 is 20.2 Å². The Kier molecular flexibility index (Phi) is 7.18. The molecule has 1 saturated heterocycles. The van der Waals surface area contributed by atoms with Gasteiger partial charge in [0.15, 0.2) is 0 Å². The van der Waals surface area contributed by atoms with Crippen molar-refractivity contribution >= 4 is 23.1 Å². The summed E-state index contributed by atoms with van der Waals surface area (Å²) >= 11 is 0. The molecule has 0 spiro atoms. The molecule has 2 amide bonds. The summed E-state index contributed by atoms with van der Waals surface area (Å²) in [4.78, 5) is 31.5. The standard InChI is InChI=1S/C29H31N5O3/c1-20-6-5-13-34-18-24(31-28(20)34)19-37-26-10-3-2-9-25(26)29(36)32-23-8-4-7-21(16-23)17-33-14-11-22(12-15-33)27(30)35/h2-10,13,16,18,22H,11-12,14-15,17,19H2,1H3,(H2,30,35)(H,32,36). The third-order valence-electron chi connectivity index (χ3n) is 6.82.